The second-order valence-corrected chi connectivity index (χ2v) is 4.55. The van der Waals surface area contributed by atoms with Crippen LogP contribution in [0.25, 0.3) is 11.3 Å². The van der Waals surface area contributed by atoms with Crippen molar-refractivity contribution in [2.75, 3.05) is 5.73 Å². The van der Waals surface area contributed by atoms with Crippen molar-refractivity contribution in [2.45, 2.75) is 19.9 Å². The van der Waals surface area contributed by atoms with Crippen molar-refractivity contribution < 1.29 is 4.79 Å². The summed E-state index contributed by atoms with van der Waals surface area (Å²) in [6.07, 6.45) is 0. The molecule has 0 radical (unpaired) electrons. The van der Waals surface area contributed by atoms with Gasteiger partial charge in [-0.2, -0.15) is 0 Å². The molecule has 0 saturated heterocycles. The Balaban J connectivity index is 2.29. The number of anilines is 1. The number of rotatable bonds is 3. The number of nitrogens with two attached hydrogens (primary N) is 1. The van der Waals surface area contributed by atoms with Gasteiger partial charge in [-0.05, 0) is 38.1 Å². The lowest BCUT2D eigenvalue weighted by atomic mass is 10.1. The molecule has 0 aliphatic heterocycles. The van der Waals surface area contributed by atoms with Gasteiger partial charge < -0.3 is 11.1 Å². The highest BCUT2D eigenvalue weighted by atomic mass is 16.1. The number of amides is 1. The van der Waals surface area contributed by atoms with Crippen molar-refractivity contribution in [1.82, 2.24) is 15.5 Å². The first-order valence-corrected chi connectivity index (χ1v) is 6.07. The second kappa shape index (κ2) is 5.48. The van der Waals surface area contributed by atoms with E-state index in [0.29, 0.717) is 17.1 Å². The lowest BCUT2D eigenvalue weighted by molar-refractivity contribution is 0.0943. The molecule has 2 aromatic rings. The molecule has 5 nitrogen and oxygen atoms in total. The molecule has 0 unspecified atom stereocenters. The summed E-state index contributed by atoms with van der Waals surface area (Å²) >= 11 is 0. The molecule has 1 amide bonds. The molecule has 0 fully saturated rings. The summed E-state index contributed by atoms with van der Waals surface area (Å²) in [6, 6.07) is 10.8. The molecule has 0 aliphatic rings. The van der Waals surface area contributed by atoms with E-state index in [1.807, 2.05) is 26.0 Å². The lowest BCUT2D eigenvalue weighted by Crippen LogP contribution is -2.30. The van der Waals surface area contributed by atoms with Crippen LogP contribution in [0.5, 0.6) is 0 Å². The Kier molecular flexibility index (Phi) is 3.75. The van der Waals surface area contributed by atoms with Crippen LogP contribution in [0.2, 0.25) is 0 Å². The van der Waals surface area contributed by atoms with Crippen molar-refractivity contribution in [3.8, 4) is 11.3 Å². The van der Waals surface area contributed by atoms with Gasteiger partial charge in [0.2, 0.25) is 0 Å². The fraction of sp³-hybridized carbons (Fsp3) is 0.214. The highest BCUT2D eigenvalue weighted by molar-refractivity contribution is 5.95. The number of nitrogen functional groups attached to an aromatic ring is 1. The third-order valence-electron chi connectivity index (χ3n) is 2.53. The number of carbonyl (C=O) groups is 1. The molecular weight excluding hydrogens is 240 g/mol. The molecule has 0 saturated carbocycles. The Morgan fingerprint density at radius 2 is 2.00 bits per heavy atom. The van der Waals surface area contributed by atoms with Crippen LogP contribution in [0.1, 0.15) is 24.2 Å². The maximum atomic E-state index is 11.9. The van der Waals surface area contributed by atoms with E-state index in [0.717, 1.165) is 5.56 Å². The van der Waals surface area contributed by atoms with Crippen LogP contribution < -0.4 is 11.1 Å². The van der Waals surface area contributed by atoms with Crippen LogP contribution in [-0.4, -0.2) is 22.1 Å². The number of benzene rings is 1. The molecule has 0 aliphatic carbocycles. The molecule has 3 N–H and O–H groups in total. The maximum Gasteiger partial charge on any atom is 0.251 e. The summed E-state index contributed by atoms with van der Waals surface area (Å²) in [7, 11) is 0. The van der Waals surface area contributed by atoms with Gasteiger partial charge in [-0.15, -0.1) is 10.2 Å². The SMILES string of the molecule is CC(C)NC(=O)c1cccc(-c2ccc(N)nn2)c1. The zero-order valence-corrected chi connectivity index (χ0v) is 10.9. The average molecular weight is 256 g/mol. The van der Waals surface area contributed by atoms with Crippen LogP contribution in [0, 0.1) is 0 Å². The molecule has 1 aromatic heterocycles. The first-order chi connectivity index (χ1) is 9.06. The Hall–Kier alpha value is -2.43. The minimum atomic E-state index is -0.0970. The number of carbonyl (C=O) groups excluding carboxylic acids is 1. The van der Waals surface area contributed by atoms with Crippen LogP contribution in [-0.2, 0) is 0 Å². The third-order valence-corrected chi connectivity index (χ3v) is 2.53. The Morgan fingerprint density at radius 1 is 1.21 bits per heavy atom. The second-order valence-electron chi connectivity index (χ2n) is 4.55. The number of nitrogens with zero attached hydrogens (tertiary/aromatic N) is 2. The third kappa shape index (κ3) is 3.28. The topological polar surface area (TPSA) is 80.9 Å². The van der Waals surface area contributed by atoms with Gasteiger partial charge in [-0.3, -0.25) is 4.79 Å². The molecule has 0 atom stereocenters. The molecule has 1 heterocycles. The molecule has 1 aromatic carbocycles. The normalized spacial score (nSPS) is 10.5. The molecule has 0 bridgehead atoms. The zero-order chi connectivity index (χ0) is 13.8. The summed E-state index contributed by atoms with van der Waals surface area (Å²) in [5.41, 5.74) is 7.63. The van der Waals surface area contributed by atoms with Gasteiger partial charge in [0.05, 0.1) is 5.69 Å². The summed E-state index contributed by atoms with van der Waals surface area (Å²) in [6.45, 7) is 3.85. The molecule has 98 valence electrons. The molecular formula is C14H16N4O. The summed E-state index contributed by atoms with van der Waals surface area (Å²) in [5.74, 6) is 0.276. The predicted octanol–water partition coefficient (Wildman–Crippen LogP) is 1.86. The number of hydrogen-bond donors (Lipinski definition) is 2. The fourth-order valence-corrected chi connectivity index (χ4v) is 1.66. The van der Waals surface area contributed by atoms with E-state index in [-0.39, 0.29) is 11.9 Å². The van der Waals surface area contributed by atoms with Crippen LogP contribution in [0.3, 0.4) is 0 Å². The minimum Gasteiger partial charge on any atom is -0.382 e. The number of aromatic nitrogens is 2. The van der Waals surface area contributed by atoms with Crippen molar-refractivity contribution in [1.29, 1.82) is 0 Å². The highest BCUT2D eigenvalue weighted by Gasteiger charge is 2.08. The van der Waals surface area contributed by atoms with Crippen LogP contribution in [0.4, 0.5) is 5.82 Å². The summed E-state index contributed by atoms with van der Waals surface area (Å²) in [4.78, 5) is 11.9. The van der Waals surface area contributed by atoms with Gasteiger partial charge in [0.1, 0.15) is 5.82 Å². The maximum absolute atomic E-state index is 11.9. The lowest BCUT2D eigenvalue weighted by Gasteiger charge is -2.09. The standard InChI is InChI=1S/C14H16N4O/c1-9(2)16-14(19)11-5-3-4-10(8-11)12-6-7-13(15)18-17-12/h3-9H,1-2H3,(H2,15,18)(H,16,19). The van der Waals surface area contributed by atoms with Gasteiger partial charge in [-0.25, -0.2) is 0 Å². The van der Waals surface area contributed by atoms with Crippen molar-refractivity contribution in [2.24, 2.45) is 0 Å². The van der Waals surface area contributed by atoms with Gasteiger partial charge >= 0.3 is 0 Å². The fourth-order valence-electron chi connectivity index (χ4n) is 1.66. The Bertz CT molecular complexity index is 578. The van der Waals surface area contributed by atoms with Gasteiger partial charge in [0.15, 0.2) is 0 Å². The predicted molar refractivity (Wildman–Crippen MR) is 74.5 cm³/mol. The molecule has 19 heavy (non-hydrogen) atoms. The van der Waals surface area contributed by atoms with E-state index in [4.69, 9.17) is 5.73 Å². The number of nitrogens with one attached hydrogen (secondary N) is 1. The van der Waals surface area contributed by atoms with Crippen molar-refractivity contribution in [3.63, 3.8) is 0 Å². The highest BCUT2D eigenvalue weighted by Crippen LogP contribution is 2.18. The van der Waals surface area contributed by atoms with Gasteiger partial charge in [0, 0.05) is 17.2 Å². The molecule has 5 heteroatoms. The number of hydrogen-bond acceptors (Lipinski definition) is 4. The molecule has 2 rings (SSSR count). The van der Waals surface area contributed by atoms with E-state index in [2.05, 4.69) is 15.5 Å². The monoisotopic (exact) mass is 256 g/mol. The smallest absolute Gasteiger partial charge is 0.251 e. The first kappa shape index (κ1) is 13.0. The van der Waals surface area contributed by atoms with E-state index in [1.54, 1.807) is 24.3 Å². The van der Waals surface area contributed by atoms with Gasteiger partial charge in [0.25, 0.3) is 5.91 Å². The van der Waals surface area contributed by atoms with Crippen LogP contribution in [0.15, 0.2) is 36.4 Å². The molecule has 0 spiro atoms. The Labute approximate surface area is 111 Å². The van der Waals surface area contributed by atoms with E-state index in [1.165, 1.54) is 0 Å². The zero-order valence-electron chi connectivity index (χ0n) is 10.9. The van der Waals surface area contributed by atoms with Gasteiger partial charge in [-0.1, -0.05) is 12.1 Å². The van der Waals surface area contributed by atoms with E-state index in [9.17, 15) is 4.79 Å². The minimum absolute atomic E-state index is 0.0970. The average Bonchev–Trinajstić information content (AvgIpc) is 2.39. The van der Waals surface area contributed by atoms with E-state index >= 15 is 0 Å². The largest absolute Gasteiger partial charge is 0.382 e. The van der Waals surface area contributed by atoms with Crippen LogP contribution >= 0.6 is 0 Å². The quantitative estimate of drug-likeness (QED) is 0.878. The van der Waals surface area contributed by atoms with Crippen molar-refractivity contribution >= 4 is 11.7 Å². The summed E-state index contributed by atoms with van der Waals surface area (Å²) in [5, 5.41) is 10.7. The van der Waals surface area contributed by atoms with Crippen molar-refractivity contribution in [3.05, 3.63) is 42.0 Å². The summed E-state index contributed by atoms with van der Waals surface area (Å²) < 4.78 is 0. The Morgan fingerprint density at radius 3 is 2.63 bits per heavy atom. The first-order valence-electron chi connectivity index (χ1n) is 6.07. The van der Waals surface area contributed by atoms with E-state index < -0.39 is 0 Å².